The number of ketones is 1. The Morgan fingerprint density at radius 3 is 2.39 bits per heavy atom. The summed E-state index contributed by atoms with van der Waals surface area (Å²) in [7, 11) is -2.59. The molecule has 2 aromatic rings. The summed E-state index contributed by atoms with van der Waals surface area (Å²) < 4.78 is 68.6. The van der Waals surface area contributed by atoms with E-state index >= 15 is 0 Å². The lowest BCUT2D eigenvalue weighted by molar-refractivity contribution is -0.137. The Bertz CT molecular complexity index is 1180. The van der Waals surface area contributed by atoms with Crippen molar-refractivity contribution in [2.24, 2.45) is 5.41 Å². The number of Topliss-reactive ketones (excluding diaryl/α,β-unsaturated/α-hetero) is 1. The highest BCUT2D eigenvalue weighted by molar-refractivity contribution is 7.92. The van der Waals surface area contributed by atoms with E-state index in [0.29, 0.717) is 16.9 Å². The van der Waals surface area contributed by atoms with E-state index in [1.165, 1.54) is 13.2 Å². The van der Waals surface area contributed by atoms with Crippen LogP contribution in [-0.4, -0.2) is 33.5 Å². The number of hydrogen-bond acceptors (Lipinski definition) is 6. The van der Waals surface area contributed by atoms with Crippen LogP contribution in [0.2, 0.25) is 0 Å². The molecule has 1 heterocycles. The zero-order valence-corrected chi connectivity index (χ0v) is 18.8. The molecular weight excluding hydrogens is 455 g/mol. The van der Waals surface area contributed by atoms with Gasteiger partial charge in [0, 0.05) is 24.4 Å². The van der Waals surface area contributed by atoms with Crippen LogP contribution in [0.15, 0.2) is 22.4 Å². The van der Waals surface area contributed by atoms with Crippen LogP contribution in [-0.2, 0) is 22.4 Å². The maximum Gasteiger partial charge on any atom is 0.416 e. The monoisotopic (exact) mass is 475 g/mol. The van der Waals surface area contributed by atoms with Crippen molar-refractivity contribution in [1.82, 2.24) is 0 Å². The predicted molar refractivity (Wildman–Crippen MR) is 110 cm³/mol. The maximum absolute atomic E-state index is 13.2. The van der Waals surface area contributed by atoms with Crippen molar-refractivity contribution >= 4 is 38.6 Å². The number of sulfone groups is 1. The standard InChI is InChI=1S/C20H20F3NO5S2/c1-19(2)8-13-15(14(25)9-19)18(31(4,27)28)30-16(13)17(26)24-11-5-10(20(21,22)23)6-12(7-11)29-3/h5-7H,8-9H2,1-4H3,(H,24,26). The first-order valence-electron chi connectivity index (χ1n) is 9.09. The molecule has 0 radical (unpaired) electrons. The topological polar surface area (TPSA) is 89.5 Å². The number of rotatable bonds is 4. The highest BCUT2D eigenvalue weighted by Gasteiger charge is 2.39. The molecule has 11 heteroatoms. The second kappa shape index (κ2) is 7.63. The Labute approximate surface area is 181 Å². The number of ether oxygens (including phenoxy) is 1. The van der Waals surface area contributed by atoms with Gasteiger partial charge in [0.25, 0.3) is 5.91 Å². The molecule has 0 aliphatic heterocycles. The largest absolute Gasteiger partial charge is 0.497 e. The minimum Gasteiger partial charge on any atom is -0.497 e. The fraction of sp³-hybridized carbons (Fsp3) is 0.400. The number of thiophene rings is 1. The van der Waals surface area contributed by atoms with E-state index in [1.807, 2.05) is 13.8 Å². The van der Waals surface area contributed by atoms with Crippen LogP contribution in [0.4, 0.5) is 18.9 Å². The van der Waals surface area contributed by atoms with Crippen LogP contribution in [0.3, 0.4) is 0 Å². The number of methoxy groups -OCH3 is 1. The molecule has 1 amide bonds. The quantitative estimate of drug-likeness (QED) is 0.699. The van der Waals surface area contributed by atoms with Gasteiger partial charge >= 0.3 is 6.18 Å². The fourth-order valence-corrected chi connectivity index (χ4v) is 5.97. The van der Waals surface area contributed by atoms with E-state index in [9.17, 15) is 31.2 Å². The van der Waals surface area contributed by atoms with Crippen LogP contribution in [0.1, 0.15) is 51.4 Å². The first-order chi connectivity index (χ1) is 14.1. The van der Waals surface area contributed by atoms with Crippen LogP contribution in [0, 0.1) is 5.41 Å². The first kappa shape index (κ1) is 23.3. The molecule has 0 saturated carbocycles. The lowest BCUT2D eigenvalue weighted by Gasteiger charge is -2.29. The summed E-state index contributed by atoms with van der Waals surface area (Å²) in [6, 6.07) is 2.78. The van der Waals surface area contributed by atoms with Crippen LogP contribution >= 0.6 is 11.3 Å². The average molecular weight is 476 g/mol. The molecule has 1 aliphatic carbocycles. The summed E-state index contributed by atoms with van der Waals surface area (Å²) in [5, 5.41) is 2.39. The van der Waals surface area contributed by atoms with Gasteiger partial charge in [0.05, 0.1) is 23.1 Å². The number of carbonyl (C=O) groups is 2. The zero-order valence-electron chi connectivity index (χ0n) is 17.1. The molecule has 0 atom stereocenters. The van der Waals surface area contributed by atoms with Crippen molar-refractivity contribution in [2.45, 2.75) is 37.1 Å². The Kier molecular flexibility index (Phi) is 5.72. The van der Waals surface area contributed by atoms with E-state index in [-0.39, 0.29) is 44.7 Å². The van der Waals surface area contributed by atoms with Crippen molar-refractivity contribution < 1.29 is 35.9 Å². The molecule has 0 spiro atoms. The van der Waals surface area contributed by atoms with Gasteiger partial charge < -0.3 is 10.1 Å². The van der Waals surface area contributed by atoms with E-state index in [0.717, 1.165) is 18.4 Å². The first-order valence-corrected chi connectivity index (χ1v) is 11.8. The van der Waals surface area contributed by atoms with Gasteiger partial charge in [-0.2, -0.15) is 13.2 Å². The molecule has 6 nitrogen and oxygen atoms in total. The Balaban J connectivity index is 2.09. The molecule has 31 heavy (non-hydrogen) atoms. The Morgan fingerprint density at radius 1 is 1.19 bits per heavy atom. The SMILES string of the molecule is COc1cc(NC(=O)c2sc(S(C)(=O)=O)c3c2CC(C)(C)CC3=O)cc(C(F)(F)F)c1. The van der Waals surface area contributed by atoms with Gasteiger partial charge in [-0.3, -0.25) is 9.59 Å². The number of anilines is 1. The molecule has 3 rings (SSSR count). The number of amides is 1. The number of hydrogen-bond donors (Lipinski definition) is 1. The third-order valence-electron chi connectivity index (χ3n) is 4.82. The molecule has 0 fully saturated rings. The molecule has 1 aliphatic rings. The summed E-state index contributed by atoms with van der Waals surface area (Å²) in [5.41, 5.74) is -1.35. The van der Waals surface area contributed by atoms with Crippen molar-refractivity contribution in [3.05, 3.63) is 39.8 Å². The highest BCUT2D eigenvalue weighted by Crippen LogP contribution is 2.43. The number of benzene rings is 1. The summed E-state index contributed by atoms with van der Waals surface area (Å²) in [6.45, 7) is 3.65. The molecule has 0 bridgehead atoms. The van der Waals surface area contributed by atoms with Crippen LogP contribution in [0.5, 0.6) is 5.75 Å². The molecule has 1 N–H and O–H groups in total. The van der Waals surface area contributed by atoms with Crippen molar-refractivity contribution in [3.8, 4) is 5.75 Å². The summed E-state index contributed by atoms with van der Waals surface area (Å²) in [6.07, 6.45) is -3.29. The minimum absolute atomic E-state index is 0.00655. The van der Waals surface area contributed by atoms with E-state index in [2.05, 4.69) is 5.32 Å². The van der Waals surface area contributed by atoms with Gasteiger partial charge in [-0.25, -0.2) is 8.42 Å². The van der Waals surface area contributed by atoms with Gasteiger partial charge in [0.15, 0.2) is 15.6 Å². The molecule has 0 saturated heterocycles. The molecular formula is C20H20F3NO5S2. The van der Waals surface area contributed by atoms with Gasteiger partial charge in [-0.15, -0.1) is 11.3 Å². The average Bonchev–Trinajstić information content (AvgIpc) is 2.99. The van der Waals surface area contributed by atoms with Crippen molar-refractivity contribution in [3.63, 3.8) is 0 Å². The second-order valence-corrected chi connectivity index (χ2v) is 11.4. The molecule has 168 valence electrons. The van der Waals surface area contributed by atoms with Crippen LogP contribution < -0.4 is 10.1 Å². The Morgan fingerprint density at radius 2 is 1.84 bits per heavy atom. The van der Waals surface area contributed by atoms with E-state index < -0.39 is 32.9 Å². The number of fused-ring (bicyclic) bond motifs is 1. The van der Waals surface area contributed by atoms with E-state index in [1.54, 1.807) is 0 Å². The van der Waals surface area contributed by atoms with Gasteiger partial charge in [-0.05, 0) is 29.5 Å². The van der Waals surface area contributed by atoms with Gasteiger partial charge in [0.1, 0.15) is 9.96 Å². The number of nitrogens with one attached hydrogen (secondary N) is 1. The molecule has 1 aromatic carbocycles. The molecule has 1 aromatic heterocycles. The normalized spacial score (nSPS) is 16.0. The third-order valence-corrected chi connectivity index (χ3v) is 7.88. The minimum atomic E-state index is -4.66. The predicted octanol–water partition coefficient (Wildman–Crippen LogP) is 4.59. The number of halogens is 3. The second-order valence-electron chi connectivity index (χ2n) is 8.19. The van der Waals surface area contributed by atoms with Crippen LogP contribution in [0.25, 0.3) is 0 Å². The smallest absolute Gasteiger partial charge is 0.416 e. The maximum atomic E-state index is 13.2. The third kappa shape index (κ3) is 4.77. The van der Waals surface area contributed by atoms with Crippen molar-refractivity contribution in [2.75, 3.05) is 18.7 Å². The fourth-order valence-electron chi connectivity index (χ4n) is 3.54. The summed E-state index contributed by atoms with van der Waals surface area (Å²) in [4.78, 5) is 25.6. The number of alkyl halides is 3. The number of carbonyl (C=O) groups excluding carboxylic acids is 2. The Hall–Kier alpha value is -2.40. The lowest BCUT2D eigenvalue weighted by Crippen LogP contribution is -2.28. The molecule has 0 unspecified atom stereocenters. The van der Waals surface area contributed by atoms with Gasteiger partial charge in [0.2, 0.25) is 0 Å². The summed E-state index contributed by atoms with van der Waals surface area (Å²) in [5.74, 6) is -1.27. The van der Waals surface area contributed by atoms with E-state index in [4.69, 9.17) is 4.74 Å². The van der Waals surface area contributed by atoms with Gasteiger partial charge in [-0.1, -0.05) is 13.8 Å². The van der Waals surface area contributed by atoms with Crippen molar-refractivity contribution in [1.29, 1.82) is 0 Å². The highest BCUT2D eigenvalue weighted by atomic mass is 32.2. The zero-order chi connectivity index (χ0) is 23.4. The lowest BCUT2D eigenvalue weighted by atomic mass is 9.74. The summed E-state index contributed by atoms with van der Waals surface area (Å²) >= 11 is 0.659.